The second kappa shape index (κ2) is 6.44. The van der Waals surface area contributed by atoms with Gasteiger partial charge in [0.25, 0.3) is 0 Å². The van der Waals surface area contributed by atoms with Crippen molar-refractivity contribution in [1.82, 2.24) is 9.88 Å². The third-order valence-corrected chi connectivity index (χ3v) is 6.97. The number of aromatic amines is 1. The van der Waals surface area contributed by atoms with Crippen LogP contribution in [0.2, 0.25) is 0 Å². The zero-order chi connectivity index (χ0) is 20.4. The Bertz CT molecular complexity index is 1230. The summed E-state index contributed by atoms with van der Waals surface area (Å²) in [7, 11) is 0. The fourth-order valence-electron chi connectivity index (χ4n) is 5.13. The summed E-state index contributed by atoms with van der Waals surface area (Å²) in [5.41, 5.74) is 4.41. The molecule has 0 amide bonds. The Morgan fingerprint density at radius 2 is 2.03 bits per heavy atom. The van der Waals surface area contributed by atoms with Crippen LogP contribution in [0, 0.1) is 5.92 Å². The van der Waals surface area contributed by atoms with Crippen LogP contribution >= 0.6 is 12.2 Å². The summed E-state index contributed by atoms with van der Waals surface area (Å²) in [5, 5.41) is 1.17. The predicted octanol–water partition coefficient (Wildman–Crippen LogP) is 4.32. The van der Waals surface area contributed by atoms with Crippen LogP contribution in [-0.4, -0.2) is 33.5 Å². The second-order valence-electron chi connectivity index (χ2n) is 8.02. The van der Waals surface area contributed by atoms with Crippen LogP contribution in [0.1, 0.15) is 29.3 Å². The molecule has 0 radical (unpaired) electrons. The van der Waals surface area contributed by atoms with Crippen molar-refractivity contribution in [2.75, 3.05) is 6.79 Å². The minimum atomic E-state index is -0.283. The highest BCUT2D eigenvalue weighted by atomic mass is 32.1. The molecule has 3 aliphatic heterocycles. The molecule has 2 aromatic carbocycles. The highest BCUT2D eigenvalue weighted by Gasteiger charge is 2.51. The first-order chi connectivity index (χ1) is 14.7. The molecule has 5 nitrogen and oxygen atoms in total. The lowest BCUT2D eigenvalue weighted by atomic mass is 9.88. The van der Waals surface area contributed by atoms with Crippen molar-refractivity contribution in [2.45, 2.75) is 24.9 Å². The van der Waals surface area contributed by atoms with Crippen molar-refractivity contribution >= 4 is 33.9 Å². The van der Waals surface area contributed by atoms with E-state index >= 15 is 0 Å². The summed E-state index contributed by atoms with van der Waals surface area (Å²) >= 11 is 5.85. The summed E-state index contributed by atoms with van der Waals surface area (Å²) in [6.45, 7) is 4.06. The third-order valence-electron chi connectivity index (χ3n) is 6.47. The topological polar surface area (TPSA) is 54.6 Å². The van der Waals surface area contributed by atoms with Crippen molar-refractivity contribution in [1.29, 1.82) is 0 Å². The molecule has 0 aliphatic carbocycles. The molecule has 30 heavy (non-hydrogen) atoms. The zero-order valence-electron chi connectivity index (χ0n) is 16.3. The number of ketones is 1. The van der Waals surface area contributed by atoms with Gasteiger partial charge in [-0.3, -0.25) is 4.79 Å². The maximum atomic E-state index is 13.3. The van der Waals surface area contributed by atoms with Gasteiger partial charge in [-0.2, -0.15) is 0 Å². The number of aromatic nitrogens is 1. The van der Waals surface area contributed by atoms with Gasteiger partial charge in [-0.05, 0) is 35.7 Å². The molecule has 150 valence electrons. The molecule has 0 bridgehead atoms. The maximum absolute atomic E-state index is 13.3. The molecule has 3 atom stereocenters. The summed E-state index contributed by atoms with van der Waals surface area (Å²) < 4.78 is 11.1. The number of fused-ring (bicyclic) bond motifs is 5. The van der Waals surface area contributed by atoms with E-state index in [1.54, 1.807) is 6.08 Å². The van der Waals surface area contributed by atoms with Gasteiger partial charge in [0.2, 0.25) is 6.79 Å². The molecule has 1 fully saturated rings. The molecule has 6 rings (SSSR count). The molecule has 3 aliphatic rings. The maximum Gasteiger partial charge on any atom is 0.231 e. The number of hydrogen-bond donors (Lipinski definition) is 1. The fraction of sp³-hybridized carbons (Fsp3) is 0.250. The van der Waals surface area contributed by atoms with Crippen molar-refractivity contribution in [3.63, 3.8) is 0 Å². The first kappa shape index (κ1) is 17.7. The number of rotatable bonds is 3. The van der Waals surface area contributed by atoms with E-state index < -0.39 is 0 Å². The molecular weight excluding hydrogens is 396 g/mol. The van der Waals surface area contributed by atoms with Gasteiger partial charge in [0.15, 0.2) is 17.3 Å². The predicted molar refractivity (Wildman–Crippen MR) is 118 cm³/mol. The van der Waals surface area contributed by atoms with Gasteiger partial charge < -0.3 is 19.4 Å². The molecule has 6 heteroatoms. The third kappa shape index (κ3) is 2.34. The van der Waals surface area contributed by atoms with E-state index in [0.717, 1.165) is 28.3 Å². The fourth-order valence-corrected chi connectivity index (χ4v) is 5.58. The normalized spacial score (nSPS) is 24.3. The molecule has 0 saturated carbocycles. The van der Waals surface area contributed by atoms with Crippen LogP contribution in [-0.2, 0) is 11.2 Å². The van der Waals surface area contributed by atoms with Crippen LogP contribution in [0.3, 0.4) is 0 Å². The lowest BCUT2D eigenvalue weighted by molar-refractivity contribution is -0.122. The lowest BCUT2D eigenvalue weighted by Gasteiger charge is -2.38. The number of hydrogen-bond acceptors (Lipinski definition) is 4. The van der Waals surface area contributed by atoms with Crippen molar-refractivity contribution in [3.8, 4) is 11.5 Å². The number of carbonyl (C=O) groups excluding carboxylic acids is 1. The van der Waals surface area contributed by atoms with Gasteiger partial charge in [0.05, 0.1) is 23.0 Å². The van der Waals surface area contributed by atoms with E-state index in [4.69, 9.17) is 21.7 Å². The number of nitrogens with one attached hydrogen (secondary N) is 1. The SMILES string of the molecule is C=CC[C@@H]1C(=O)[C@@H]2Cc3c([nH]c4ccccc34)[C@H](c3ccc4c(c3)OCO4)N2C1=S. The van der Waals surface area contributed by atoms with Crippen molar-refractivity contribution in [2.24, 2.45) is 5.92 Å². The van der Waals surface area contributed by atoms with E-state index in [1.165, 1.54) is 10.9 Å². The van der Waals surface area contributed by atoms with Gasteiger partial charge >= 0.3 is 0 Å². The molecule has 4 heterocycles. The van der Waals surface area contributed by atoms with Gasteiger partial charge in [0, 0.05) is 23.0 Å². The number of benzene rings is 2. The first-order valence-electron chi connectivity index (χ1n) is 10.1. The smallest absolute Gasteiger partial charge is 0.231 e. The minimum absolute atomic E-state index is 0.174. The Morgan fingerprint density at radius 3 is 2.90 bits per heavy atom. The second-order valence-corrected chi connectivity index (χ2v) is 8.44. The Labute approximate surface area is 179 Å². The Morgan fingerprint density at radius 1 is 1.20 bits per heavy atom. The molecule has 1 saturated heterocycles. The molecule has 0 unspecified atom stereocenters. The number of para-hydroxylation sites is 1. The van der Waals surface area contributed by atoms with Gasteiger partial charge in [-0.1, -0.05) is 42.6 Å². The molecular formula is C24H20N2O3S. The number of nitrogens with zero attached hydrogens (tertiary/aromatic N) is 1. The summed E-state index contributed by atoms with van der Waals surface area (Å²) in [5.74, 6) is 1.38. The van der Waals surface area contributed by atoms with E-state index in [2.05, 4.69) is 28.6 Å². The number of ether oxygens (including phenoxy) is 2. The molecule has 0 spiro atoms. The number of carbonyl (C=O) groups is 1. The molecule has 1 aromatic heterocycles. The average molecular weight is 417 g/mol. The van der Waals surface area contributed by atoms with Crippen LogP contribution < -0.4 is 9.47 Å². The Kier molecular flexibility index (Phi) is 3.80. The number of thiocarbonyl (C=S) groups is 1. The minimum Gasteiger partial charge on any atom is -0.454 e. The largest absolute Gasteiger partial charge is 0.454 e. The van der Waals surface area contributed by atoms with Gasteiger partial charge in [-0.25, -0.2) is 0 Å². The summed E-state index contributed by atoms with van der Waals surface area (Å²) in [6.07, 6.45) is 3.03. The van der Waals surface area contributed by atoms with Crippen LogP contribution in [0.15, 0.2) is 55.1 Å². The van der Waals surface area contributed by atoms with Crippen molar-refractivity contribution < 1.29 is 14.3 Å². The van der Waals surface area contributed by atoms with Gasteiger partial charge in [0.1, 0.15) is 0 Å². The number of allylic oxidation sites excluding steroid dienone is 1. The highest BCUT2D eigenvalue weighted by Crippen LogP contribution is 2.47. The lowest BCUT2D eigenvalue weighted by Crippen LogP contribution is -2.43. The monoisotopic (exact) mass is 416 g/mol. The quantitative estimate of drug-likeness (QED) is 0.509. The van der Waals surface area contributed by atoms with E-state index in [-0.39, 0.29) is 30.6 Å². The zero-order valence-corrected chi connectivity index (χ0v) is 17.1. The molecule has 1 N–H and O–H groups in total. The summed E-state index contributed by atoms with van der Waals surface area (Å²) in [4.78, 5) is 19.8. The van der Waals surface area contributed by atoms with E-state index in [1.807, 2.05) is 30.3 Å². The van der Waals surface area contributed by atoms with E-state index in [9.17, 15) is 4.79 Å². The van der Waals surface area contributed by atoms with Gasteiger partial charge in [-0.15, -0.1) is 6.58 Å². The van der Waals surface area contributed by atoms with Crippen LogP contribution in [0.5, 0.6) is 11.5 Å². The highest BCUT2D eigenvalue weighted by molar-refractivity contribution is 7.80. The average Bonchev–Trinajstić information content (AvgIpc) is 3.44. The van der Waals surface area contributed by atoms with Crippen LogP contribution in [0.25, 0.3) is 10.9 Å². The number of Topliss-reactive ketones (excluding diaryl/α,β-unsaturated/α-hetero) is 1. The van der Waals surface area contributed by atoms with E-state index in [0.29, 0.717) is 17.8 Å². The molecule has 3 aromatic rings. The number of H-pyrrole nitrogens is 1. The van der Waals surface area contributed by atoms with Crippen LogP contribution in [0.4, 0.5) is 0 Å². The van der Waals surface area contributed by atoms with Crippen molar-refractivity contribution in [3.05, 3.63) is 71.9 Å². The Balaban J connectivity index is 1.57. The first-order valence-corrected chi connectivity index (χ1v) is 10.5. The summed E-state index contributed by atoms with van der Waals surface area (Å²) in [6, 6.07) is 13.8. The Hall–Kier alpha value is -3.12. The standard InChI is InChI=1S/C24H20N2O3S/c1-2-5-15-23(27)18-11-16-14-6-3-4-7-17(14)25-21(16)22(26(18)24(15)30)13-8-9-19-20(10-13)29-12-28-19/h2-4,6-10,15,18,22,25H,1,5,11-12H2/t15-,18+,22+/m1/s1.